The van der Waals surface area contributed by atoms with Crippen molar-refractivity contribution >= 4 is 51.8 Å². The molecule has 8 heteroatoms. The zero-order valence-electron chi connectivity index (χ0n) is 14.7. The summed E-state index contributed by atoms with van der Waals surface area (Å²) in [6, 6.07) is 8.63. The molecule has 0 radical (unpaired) electrons. The summed E-state index contributed by atoms with van der Waals surface area (Å²) in [6.07, 6.45) is 2.02. The summed E-state index contributed by atoms with van der Waals surface area (Å²) in [7, 11) is 3.47. The summed E-state index contributed by atoms with van der Waals surface area (Å²) in [5.74, 6) is 0.899. The van der Waals surface area contributed by atoms with Crippen molar-refractivity contribution in [1.29, 1.82) is 0 Å². The van der Waals surface area contributed by atoms with Gasteiger partial charge in [0, 0.05) is 44.2 Å². The number of carbonyl (C=O) groups excluding carboxylic acids is 1. The molecule has 1 amide bonds. The van der Waals surface area contributed by atoms with Crippen molar-refractivity contribution in [3.63, 3.8) is 0 Å². The van der Waals surface area contributed by atoms with Gasteiger partial charge in [0.15, 0.2) is 5.96 Å². The average Bonchev–Trinajstić information content (AvgIpc) is 2.61. The van der Waals surface area contributed by atoms with Gasteiger partial charge in [0.05, 0.1) is 6.54 Å². The third-order valence-corrected chi connectivity index (χ3v) is 4.70. The largest absolute Gasteiger partial charge is 0.358 e. The number of carbonyl (C=O) groups is 1. The van der Waals surface area contributed by atoms with E-state index in [0.717, 1.165) is 42.9 Å². The van der Waals surface area contributed by atoms with Crippen molar-refractivity contribution in [3.8, 4) is 0 Å². The molecule has 1 heterocycles. The van der Waals surface area contributed by atoms with Crippen molar-refractivity contribution < 1.29 is 4.79 Å². The number of likely N-dealkylation sites (N-methyl/N-ethyl adjacent to an activating group) is 1. The number of nitrogens with one attached hydrogen (secondary N) is 3. The van der Waals surface area contributed by atoms with E-state index < -0.39 is 0 Å². The smallest absolute Gasteiger partial charge is 0.233 e. The second-order valence-corrected chi connectivity index (χ2v) is 6.84. The fourth-order valence-corrected chi connectivity index (χ4v) is 2.96. The number of aliphatic imine (C=N–C) groups is 1. The Bertz CT molecular complexity index is 559. The van der Waals surface area contributed by atoms with Crippen LogP contribution in [0.1, 0.15) is 18.4 Å². The summed E-state index contributed by atoms with van der Waals surface area (Å²) < 4.78 is 1.08. The lowest BCUT2D eigenvalue weighted by Gasteiger charge is -2.32. The second kappa shape index (κ2) is 11.7. The molecule has 6 nitrogen and oxygen atoms in total. The van der Waals surface area contributed by atoms with Gasteiger partial charge in [0.1, 0.15) is 0 Å². The maximum Gasteiger partial charge on any atom is 0.233 e. The van der Waals surface area contributed by atoms with Gasteiger partial charge >= 0.3 is 0 Å². The van der Waals surface area contributed by atoms with Gasteiger partial charge in [-0.2, -0.15) is 0 Å². The van der Waals surface area contributed by atoms with Crippen LogP contribution >= 0.6 is 39.9 Å². The molecule has 3 N–H and O–H groups in total. The van der Waals surface area contributed by atoms with E-state index in [0.29, 0.717) is 12.6 Å². The van der Waals surface area contributed by atoms with Crippen LogP contribution in [0.2, 0.25) is 0 Å². The zero-order valence-corrected chi connectivity index (χ0v) is 18.6. The number of halogens is 2. The molecule has 1 aromatic rings. The Balaban J connectivity index is 0.00000312. The molecule has 0 bridgehead atoms. The van der Waals surface area contributed by atoms with Gasteiger partial charge in [-0.1, -0.05) is 28.1 Å². The van der Waals surface area contributed by atoms with Crippen LogP contribution in [-0.2, 0) is 11.3 Å². The monoisotopic (exact) mass is 523 g/mol. The first-order valence-electron chi connectivity index (χ1n) is 8.25. The van der Waals surface area contributed by atoms with Gasteiger partial charge in [-0.15, -0.1) is 24.0 Å². The van der Waals surface area contributed by atoms with Gasteiger partial charge in [-0.3, -0.25) is 14.7 Å². The van der Waals surface area contributed by atoms with Gasteiger partial charge in [0.25, 0.3) is 0 Å². The first kappa shape index (κ1) is 22.2. The Morgan fingerprint density at radius 3 is 2.48 bits per heavy atom. The van der Waals surface area contributed by atoms with Crippen molar-refractivity contribution in [3.05, 3.63) is 34.3 Å². The first-order chi connectivity index (χ1) is 11.6. The fourth-order valence-electron chi connectivity index (χ4n) is 2.69. The van der Waals surface area contributed by atoms with Crippen LogP contribution in [0.25, 0.3) is 0 Å². The molecule has 2 rings (SSSR count). The lowest BCUT2D eigenvalue weighted by atomic mass is 10.1. The predicted octanol–water partition coefficient (Wildman–Crippen LogP) is 1.94. The first-order valence-corrected chi connectivity index (χ1v) is 9.04. The van der Waals surface area contributed by atoms with Crippen molar-refractivity contribution in [2.75, 3.05) is 33.7 Å². The lowest BCUT2D eigenvalue weighted by molar-refractivity contribution is -0.122. The van der Waals surface area contributed by atoms with E-state index in [2.05, 4.69) is 53.9 Å². The number of nitrogens with zero attached hydrogens (tertiary/aromatic N) is 2. The Kier molecular flexibility index (Phi) is 10.4. The van der Waals surface area contributed by atoms with Crippen LogP contribution in [-0.4, -0.2) is 56.5 Å². The van der Waals surface area contributed by atoms with E-state index in [1.165, 1.54) is 5.56 Å². The summed E-state index contributed by atoms with van der Waals surface area (Å²) >= 11 is 3.44. The van der Waals surface area contributed by atoms with Crippen LogP contribution < -0.4 is 16.0 Å². The van der Waals surface area contributed by atoms with Crippen LogP contribution in [0.15, 0.2) is 33.7 Å². The molecule has 1 fully saturated rings. The standard InChI is InChI=1S/C17H26BrN5O.HI/c1-19-16(24)12-23-9-7-15(8-10-23)22-17(20-2)21-11-13-3-5-14(18)6-4-13;/h3-6,15H,7-12H2,1-2H3,(H,19,24)(H2,20,21,22);1H. The Morgan fingerprint density at radius 1 is 1.28 bits per heavy atom. The predicted molar refractivity (Wildman–Crippen MR) is 116 cm³/mol. The second-order valence-electron chi connectivity index (χ2n) is 5.92. The molecular formula is C17H27BrIN5O. The van der Waals surface area contributed by atoms with E-state index >= 15 is 0 Å². The number of guanidine groups is 1. The highest BCUT2D eigenvalue weighted by atomic mass is 127. The molecule has 0 aliphatic carbocycles. The SMILES string of the molecule is CN=C(NCc1ccc(Br)cc1)NC1CCN(CC(=O)NC)CC1.I. The molecule has 0 aromatic heterocycles. The Labute approximate surface area is 175 Å². The number of hydrogen-bond donors (Lipinski definition) is 3. The third kappa shape index (κ3) is 7.91. The maximum absolute atomic E-state index is 11.4. The van der Waals surface area contributed by atoms with Gasteiger partial charge in [0.2, 0.25) is 5.91 Å². The summed E-state index contributed by atoms with van der Waals surface area (Å²) in [5.41, 5.74) is 1.21. The van der Waals surface area contributed by atoms with E-state index in [1.54, 1.807) is 14.1 Å². The van der Waals surface area contributed by atoms with E-state index in [1.807, 2.05) is 12.1 Å². The molecule has 1 saturated heterocycles. The van der Waals surface area contributed by atoms with Gasteiger partial charge in [-0.25, -0.2) is 0 Å². The topological polar surface area (TPSA) is 68.8 Å². The highest BCUT2D eigenvalue weighted by molar-refractivity contribution is 14.0. The van der Waals surface area contributed by atoms with E-state index in [4.69, 9.17) is 0 Å². The molecule has 0 atom stereocenters. The molecule has 140 valence electrons. The molecule has 1 aliphatic rings. The third-order valence-electron chi connectivity index (χ3n) is 4.17. The van der Waals surface area contributed by atoms with E-state index in [9.17, 15) is 4.79 Å². The minimum atomic E-state index is 0. The lowest BCUT2D eigenvalue weighted by Crippen LogP contribution is -2.49. The van der Waals surface area contributed by atoms with Crippen molar-refractivity contribution in [2.45, 2.75) is 25.4 Å². The maximum atomic E-state index is 11.4. The summed E-state index contributed by atoms with van der Waals surface area (Å²) in [4.78, 5) is 17.9. The highest BCUT2D eigenvalue weighted by Crippen LogP contribution is 2.11. The average molecular weight is 524 g/mol. The molecular weight excluding hydrogens is 497 g/mol. The molecule has 1 aromatic carbocycles. The summed E-state index contributed by atoms with van der Waals surface area (Å²) in [5, 5.41) is 9.50. The number of likely N-dealkylation sites (tertiary alicyclic amines) is 1. The van der Waals surface area contributed by atoms with Crippen molar-refractivity contribution in [1.82, 2.24) is 20.9 Å². The van der Waals surface area contributed by atoms with E-state index in [-0.39, 0.29) is 29.9 Å². The number of benzene rings is 1. The number of amides is 1. The minimum Gasteiger partial charge on any atom is -0.358 e. The number of hydrogen-bond acceptors (Lipinski definition) is 3. The highest BCUT2D eigenvalue weighted by Gasteiger charge is 2.21. The quantitative estimate of drug-likeness (QED) is 0.313. The fraction of sp³-hybridized carbons (Fsp3) is 0.529. The number of piperidine rings is 1. The Hall–Kier alpha value is -0.870. The van der Waals surface area contributed by atoms with Crippen molar-refractivity contribution in [2.24, 2.45) is 4.99 Å². The zero-order chi connectivity index (χ0) is 17.4. The van der Waals surface area contributed by atoms with Crippen LogP contribution in [0.3, 0.4) is 0 Å². The van der Waals surface area contributed by atoms with Crippen LogP contribution in [0.4, 0.5) is 0 Å². The Morgan fingerprint density at radius 2 is 1.92 bits per heavy atom. The van der Waals surface area contributed by atoms with Crippen LogP contribution in [0, 0.1) is 0 Å². The van der Waals surface area contributed by atoms with Gasteiger partial charge < -0.3 is 16.0 Å². The number of rotatable bonds is 5. The molecule has 25 heavy (non-hydrogen) atoms. The summed E-state index contributed by atoms with van der Waals surface area (Å²) in [6.45, 7) is 3.08. The van der Waals surface area contributed by atoms with Gasteiger partial charge in [-0.05, 0) is 30.5 Å². The molecule has 0 spiro atoms. The molecule has 0 saturated carbocycles. The minimum absolute atomic E-state index is 0. The molecule has 0 unspecified atom stereocenters. The normalized spacial score (nSPS) is 16.0. The molecule has 1 aliphatic heterocycles. The van der Waals surface area contributed by atoms with Crippen LogP contribution in [0.5, 0.6) is 0 Å².